The summed E-state index contributed by atoms with van der Waals surface area (Å²) in [7, 11) is 0. The first-order chi connectivity index (χ1) is 14.3. The fourth-order valence-electron chi connectivity index (χ4n) is 3.99. The second-order valence-electron chi connectivity index (χ2n) is 7.68. The highest BCUT2D eigenvalue weighted by atomic mass is 16.1. The Morgan fingerprint density at radius 1 is 0.966 bits per heavy atom. The summed E-state index contributed by atoms with van der Waals surface area (Å²) < 4.78 is 0. The SMILES string of the molecule is O=C(NCCC1=CCCCC1)c1cnc(N2CCN(c3ccccc3)CC2)cn1. The van der Waals surface area contributed by atoms with E-state index in [2.05, 4.69) is 55.4 Å². The van der Waals surface area contributed by atoms with Gasteiger partial charge in [0.15, 0.2) is 0 Å². The van der Waals surface area contributed by atoms with E-state index in [0.29, 0.717) is 12.2 Å². The van der Waals surface area contributed by atoms with Gasteiger partial charge in [0.25, 0.3) is 5.91 Å². The molecule has 1 aliphatic heterocycles. The van der Waals surface area contributed by atoms with Crippen LogP contribution in [0, 0.1) is 0 Å². The van der Waals surface area contributed by atoms with Crippen molar-refractivity contribution >= 4 is 17.4 Å². The average molecular weight is 392 g/mol. The Morgan fingerprint density at radius 3 is 2.45 bits per heavy atom. The largest absolute Gasteiger partial charge is 0.368 e. The summed E-state index contributed by atoms with van der Waals surface area (Å²) in [6.45, 7) is 4.34. The lowest BCUT2D eigenvalue weighted by Gasteiger charge is -2.36. The molecule has 0 atom stereocenters. The van der Waals surface area contributed by atoms with Gasteiger partial charge in [0.1, 0.15) is 11.5 Å². The van der Waals surface area contributed by atoms with Crippen LogP contribution < -0.4 is 15.1 Å². The smallest absolute Gasteiger partial charge is 0.271 e. The Labute approximate surface area is 172 Å². The van der Waals surface area contributed by atoms with Gasteiger partial charge in [0, 0.05) is 38.4 Å². The summed E-state index contributed by atoms with van der Waals surface area (Å²) in [4.78, 5) is 25.8. The number of nitrogens with one attached hydrogen (secondary N) is 1. The zero-order valence-corrected chi connectivity index (χ0v) is 16.9. The molecule has 1 aliphatic carbocycles. The van der Waals surface area contributed by atoms with Crippen molar-refractivity contribution in [2.24, 2.45) is 0 Å². The van der Waals surface area contributed by atoms with E-state index in [-0.39, 0.29) is 5.91 Å². The van der Waals surface area contributed by atoms with Crippen LogP contribution in [-0.4, -0.2) is 48.6 Å². The number of benzene rings is 1. The molecule has 152 valence electrons. The Kier molecular flexibility index (Phi) is 6.39. The van der Waals surface area contributed by atoms with E-state index >= 15 is 0 Å². The van der Waals surface area contributed by atoms with Crippen LogP contribution in [0.3, 0.4) is 0 Å². The predicted molar refractivity (Wildman–Crippen MR) is 116 cm³/mol. The highest BCUT2D eigenvalue weighted by molar-refractivity contribution is 5.92. The van der Waals surface area contributed by atoms with Gasteiger partial charge >= 0.3 is 0 Å². The number of carbonyl (C=O) groups excluding carboxylic acids is 1. The second kappa shape index (κ2) is 9.54. The molecular formula is C23H29N5O. The molecule has 2 heterocycles. The van der Waals surface area contributed by atoms with Gasteiger partial charge < -0.3 is 15.1 Å². The number of nitrogens with zero attached hydrogens (tertiary/aromatic N) is 4. The third-order valence-electron chi connectivity index (χ3n) is 5.71. The van der Waals surface area contributed by atoms with Crippen molar-refractivity contribution in [1.82, 2.24) is 15.3 Å². The minimum atomic E-state index is -0.144. The molecule has 0 spiro atoms. The molecule has 1 N–H and O–H groups in total. The van der Waals surface area contributed by atoms with Crippen LogP contribution in [0.15, 0.2) is 54.4 Å². The molecule has 2 aliphatic rings. The first-order valence-electron chi connectivity index (χ1n) is 10.6. The highest BCUT2D eigenvalue weighted by Gasteiger charge is 2.19. The maximum atomic E-state index is 12.3. The maximum absolute atomic E-state index is 12.3. The Hall–Kier alpha value is -2.89. The number of aromatic nitrogens is 2. The normalized spacial score (nSPS) is 17.0. The lowest BCUT2D eigenvalue weighted by atomic mass is 9.97. The molecule has 1 amide bonds. The number of allylic oxidation sites excluding steroid dienone is 1. The van der Waals surface area contributed by atoms with E-state index in [9.17, 15) is 4.79 Å². The van der Waals surface area contributed by atoms with Crippen molar-refractivity contribution in [2.75, 3.05) is 42.5 Å². The number of rotatable bonds is 6. The maximum Gasteiger partial charge on any atom is 0.271 e. The van der Waals surface area contributed by atoms with Gasteiger partial charge in [0.2, 0.25) is 0 Å². The fourth-order valence-corrected chi connectivity index (χ4v) is 3.99. The zero-order valence-electron chi connectivity index (χ0n) is 16.9. The summed E-state index contributed by atoms with van der Waals surface area (Å²) in [6, 6.07) is 10.5. The lowest BCUT2D eigenvalue weighted by molar-refractivity contribution is 0.0948. The molecule has 1 saturated heterocycles. The van der Waals surface area contributed by atoms with Crippen molar-refractivity contribution in [2.45, 2.75) is 32.1 Å². The molecule has 0 bridgehead atoms. The molecule has 6 nitrogen and oxygen atoms in total. The van der Waals surface area contributed by atoms with Crippen molar-refractivity contribution < 1.29 is 4.79 Å². The summed E-state index contributed by atoms with van der Waals surface area (Å²) in [5.74, 6) is 0.691. The number of carbonyl (C=O) groups is 1. The van der Waals surface area contributed by atoms with E-state index in [1.165, 1.54) is 36.9 Å². The van der Waals surface area contributed by atoms with E-state index in [1.807, 2.05) is 6.07 Å². The lowest BCUT2D eigenvalue weighted by Crippen LogP contribution is -2.46. The van der Waals surface area contributed by atoms with Gasteiger partial charge in [-0.1, -0.05) is 29.8 Å². The minimum absolute atomic E-state index is 0.144. The fraction of sp³-hybridized carbons (Fsp3) is 0.435. The van der Waals surface area contributed by atoms with Crippen LogP contribution in [0.2, 0.25) is 0 Å². The quantitative estimate of drug-likeness (QED) is 0.765. The monoisotopic (exact) mass is 391 g/mol. The van der Waals surface area contributed by atoms with Gasteiger partial charge in [-0.2, -0.15) is 0 Å². The summed E-state index contributed by atoms with van der Waals surface area (Å²) in [5.41, 5.74) is 3.11. The van der Waals surface area contributed by atoms with Gasteiger partial charge in [0.05, 0.1) is 12.4 Å². The number of hydrogen-bond donors (Lipinski definition) is 1. The average Bonchev–Trinajstić information content (AvgIpc) is 2.80. The van der Waals surface area contributed by atoms with Gasteiger partial charge in [-0.3, -0.25) is 4.79 Å². The zero-order chi connectivity index (χ0) is 19.9. The van der Waals surface area contributed by atoms with Crippen molar-refractivity contribution in [3.63, 3.8) is 0 Å². The molecule has 1 aromatic heterocycles. The number of piperazine rings is 1. The third kappa shape index (κ3) is 5.13. The first kappa shape index (κ1) is 19.4. The van der Waals surface area contributed by atoms with Crippen LogP contribution >= 0.6 is 0 Å². The van der Waals surface area contributed by atoms with Crippen LogP contribution in [0.4, 0.5) is 11.5 Å². The molecule has 0 unspecified atom stereocenters. The molecule has 6 heteroatoms. The van der Waals surface area contributed by atoms with Crippen LogP contribution in [0.5, 0.6) is 0 Å². The molecular weight excluding hydrogens is 362 g/mol. The topological polar surface area (TPSA) is 61.4 Å². The van der Waals surface area contributed by atoms with Crippen molar-refractivity contribution in [1.29, 1.82) is 0 Å². The van der Waals surface area contributed by atoms with Crippen LogP contribution in [-0.2, 0) is 0 Å². The highest BCUT2D eigenvalue weighted by Crippen LogP contribution is 2.20. The Balaban J connectivity index is 1.25. The van der Waals surface area contributed by atoms with E-state index in [0.717, 1.165) is 38.4 Å². The summed E-state index contributed by atoms with van der Waals surface area (Å²) >= 11 is 0. The van der Waals surface area contributed by atoms with E-state index in [1.54, 1.807) is 12.4 Å². The third-order valence-corrected chi connectivity index (χ3v) is 5.71. The minimum Gasteiger partial charge on any atom is -0.368 e. The van der Waals surface area contributed by atoms with Crippen LogP contribution in [0.25, 0.3) is 0 Å². The molecule has 0 radical (unpaired) electrons. The molecule has 29 heavy (non-hydrogen) atoms. The summed E-state index contributed by atoms with van der Waals surface area (Å²) in [6.07, 6.45) is 11.5. The molecule has 4 rings (SSSR count). The molecule has 2 aromatic rings. The number of hydrogen-bond acceptors (Lipinski definition) is 5. The second-order valence-corrected chi connectivity index (χ2v) is 7.68. The number of amides is 1. The predicted octanol–water partition coefficient (Wildman–Crippen LogP) is 3.42. The van der Waals surface area contributed by atoms with E-state index in [4.69, 9.17) is 0 Å². The van der Waals surface area contributed by atoms with Crippen molar-refractivity contribution in [3.05, 3.63) is 60.1 Å². The number of para-hydroxylation sites is 1. The van der Waals surface area contributed by atoms with Crippen LogP contribution in [0.1, 0.15) is 42.6 Å². The standard InChI is InChI=1S/C23H29N5O/c29-23(24-12-11-19-7-3-1-4-8-19)21-17-26-22(18-25-21)28-15-13-27(14-16-28)20-9-5-2-6-10-20/h2,5-7,9-10,17-18H,1,3-4,8,11-16H2,(H,24,29). The Bertz CT molecular complexity index is 826. The molecule has 0 saturated carbocycles. The molecule has 1 fully saturated rings. The van der Waals surface area contributed by atoms with E-state index < -0.39 is 0 Å². The van der Waals surface area contributed by atoms with Gasteiger partial charge in [-0.25, -0.2) is 9.97 Å². The first-order valence-corrected chi connectivity index (χ1v) is 10.6. The number of anilines is 2. The van der Waals surface area contributed by atoms with Crippen molar-refractivity contribution in [3.8, 4) is 0 Å². The Morgan fingerprint density at radius 2 is 1.76 bits per heavy atom. The van der Waals surface area contributed by atoms with Gasteiger partial charge in [-0.05, 0) is 44.2 Å². The molecule has 1 aromatic carbocycles. The summed E-state index contributed by atoms with van der Waals surface area (Å²) in [5, 5.41) is 2.97. The van der Waals surface area contributed by atoms with Gasteiger partial charge in [-0.15, -0.1) is 0 Å².